The number of anilines is 1. The van der Waals surface area contributed by atoms with Crippen LogP contribution < -0.4 is 5.32 Å². The molecule has 1 heterocycles. The maximum atomic E-state index is 11.8. The average Bonchev–Trinajstić information content (AvgIpc) is 2.72. The average molecular weight is 375 g/mol. The fourth-order valence-corrected chi connectivity index (χ4v) is 2.66. The molecule has 1 rings (SSSR count). The van der Waals surface area contributed by atoms with Crippen LogP contribution in [0.1, 0.15) is 25.6 Å². The number of amides is 1. The monoisotopic (exact) mass is 373 g/mol. The highest BCUT2D eigenvalue weighted by Crippen LogP contribution is 2.36. The molecule has 0 bridgehead atoms. The Labute approximate surface area is 139 Å². The van der Waals surface area contributed by atoms with Crippen molar-refractivity contribution in [3.05, 3.63) is 16.0 Å². The Balaban J connectivity index is 3.33. The van der Waals surface area contributed by atoms with Crippen LogP contribution in [0.15, 0.2) is 0 Å². The van der Waals surface area contributed by atoms with Gasteiger partial charge in [-0.3, -0.25) is 4.79 Å². The van der Waals surface area contributed by atoms with Crippen molar-refractivity contribution in [1.82, 2.24) is 0 Å². The van der Waals surface area contributed by atoms with Crippen LogP contribution in [-0.2, 0) is 14.3 Å². The molecule has 0 fully saturated rings. The number of nitrogens with one attached hydrogen (secondary N) is 1. The Morgan fingerprint density at radius 2 is 1.62 bits per heavy atom. The number of rotatable bonds is 3. The summed E-state index contributed by atoms with van der Waals surface area (Å²) in [5.41, 5.74) is 0.309. The van der Waals surface area contributed by atoms with Crippen LogP contribution >= 0.6 is 46.1 Å². The summed E-state index contributed by atoms with van der Waals surface area (Å²) in [4.78, 5) is 35.3. The second-order valence-electron chi connectivity index (χ2n) is 3.70. The van der Waals surface area contributed by atoms with E-state index in [1.165, 1.54) is 14.0 Å². The summed E-state index contributed by atoms with van der Waals surface area (Å²) in [5, 5.41) is 2.32. The van der Waals surface area contributed by atoms with Gasteiger partial charge < -0.3 is 14.8 Å². The molecule has 0 spiro atoms. The van der Waals surface area contributed by atoms with Crippen molar-refractivity contribution >= 4 is 69.0 Å². The van der Waals surface area contributed by atoms with Gasteiger partial charge in [0.1, 0.15) is 9.88 Å². The molecule has 6 nitrogen and oxygen atoms in total. The number of thiophene rings is 1. The number of ether oxygens (including phenoxy) is 2. The molecule has 0 radical (unpaired) electrons. The topological polar surface area (TPSA) is 81.7 Å². The first-order chi connectivity index (χ1) is 9.63. The Morgan fingerprint density at radius 3 is 2.05 bits per heavy atom. The number of hydrogen-bond donors (Lipinski definition) is 1. The molecular weight excluding hydrogens is 365 g/mol. The Kier molecular flexibility index (Phi) is 5.86. The van der Waals surface area contributed by atoms with E-state index >= 15 is 0 Å². The van der Waals surface area contributed by atoms with E-state index in [1.54, 1.807) is 0 Å². The summed E-state index contributed by atoms with van der Waals surface area (Å²) in [6.45, 7) is 1.51. The van der Waals surface area contributed by atoms with E-state index in [2.05, 4.69) is 14.8 Å². The molecule has 0 aliphatic heterocycles. The summed E-state index contributed by atoms with van der Waals surface area (Å²) in [6.07, 6.45) is 0. The number of methoxy groups -OCH3 is 2. The van der Waals surface area contributed by atoms with Crippen LogP contribution in [0, 0.1) is 6.92 Å². The van der Waals surface area contributed by atoms with Crippen LogP contribution in [0.25, 0.3) is 0 Å². The number of esters is 2. The third-order valence-electron chi connectivity index (χ3n) is 2.39. The van der Waals surface area contributed by atoms with E-state index in [0.29, 0.717) is 5.56 Å². The van der Waals surface area contributed by atoms with E-state index in [4.69, 9.17) is 34.8 Å². The molecule has 1 amide bonds. The Hall–Kier alpha value is -1.02. The second-order valence-corrected chi connectivity index (χ2v) is 7.00. The highest BCUT2D eigenvalue weighted by Gasteiger charge is 2.34. The molecule has 1 aromatic heterocycles. The lowest BCUT2D eigenvalue weighted by Gasteiger charge is -2.11. The molecule has 21 heavy (non-hydrogen) atoms. The van der Waals surface area contributed by atoms with Gasteiger partial charge in [0.25, 0.3) is 9.70 Å². The molecule has 0 saturated carbocycles. The van der Waals surface area contributed by atoms with Crippen molar-refractivity contribution in [3.8, 4) is 0 Å². The van der Waals surface area contributed by atoms with Gasteiger partial charge >= 0.3 is 11.9 Å². The van der Waals surface area contributed by atoms with Crippen molar-refractivity contribution in [2.75, 3.05) is 19.5 Å². The van der Waals surface area contributed by atoms with Gasteiger partial charge in [0.2, 0.25) is 0 Å². The third kappa shape index (κ3) is 4.00. The lowest BCUT2D eigenvalue weighted by Crippen LogP contribution is -2.27. The first kappa shape index (κ1) is 18.0. The minimum absolute atomic E-state index is 0.00509. The number of hydrogen-bond acceptors (Lipinski definition) is 6. The van der Waals surface area contributed by atoms with Gasteiger partial charge in [0, 0.05) is 0 Å². The normalized spacial score (nSPS) is 11.0. The lowest BCUT2D eigenvalue weighted by atomic mass is 10.1. The summed E-state index contributed by atoms with van der Waals surface area (Å²) in [5.74, 6) is -2.36. The van der Waals surface area contributed by atoms with Gasteiger partial charge in [-0.2, -0.15) is 0 Å². The lowest BCUT2D eigenvalue weighted by molar-refractivity contribution is -0.115. The van der Waals surface area contributed by atoms with Gasteiger partial charge in [-0.05, 0) is 12.5 Å². The van der Waals surface area contributed by atoms with Crippen molar-refractivity contribution in [3.63, 3.8) is 0 Å². The molecule has 1 aromatic rings. The minimum atomic E-state index is -2.21. The van der Waals surface area contributed by atoms with Crippen LogP contribution in [0.3, 0.4) is 0 Å². The molecule has 0 unspecified atom stereocenters. The smallest absolute Gasteiger partial charge is 0.348 e. The molecule has 0 aliphatic rings. The SMILES string of the molecule is COC(=O)c1sc(NC(=O)C(Cl)(Cl)Cl)c(C(=O)OC)c1C. The van der Waals surface area contributed by atoms with E-state index in [9.17, 15) is 14.4 Å². The zero-order valence-electron chi connectivity index (χ0n) is 11.1. The number of carbonyl (C=O) groups excluding carboxylic acids is 3. The highest BCUT2D eigenvalue weighted by molar-refractivity contribution is 7.18. The van der Waals surface area contributed by atoms with Crippen molar-refractivity contribution in [2.45, 2.75) is 10.7 Å². The number of carbonyl (C=O) groups is 3. The van der Waals surface area contributed by atoms with E-state index < -0.39 is 21.6 Å². The van der Waals surface area contributed by atoms with Crippen molar-refractivity contribution in [2.24, 2.45) is 0 Å². The van der Waals surface area contributed by atoms with Gasteiger partial charge in [-0.15, -0.1) is 11.3 Å². The van der Waals surface area contributed by atoms with Crippen LogP contribution in [-0.4, -0.2) is 35.9 Å². The fourth-order valence-electron chi connectivity index (χ4n) is 1.41. The summed E-state index contributed by atoms with van der Waals surface area (Å²) in [7, 11) is 2.36. The summed E-state index contributed by atoms with van der Waals surface area (Å²) >= 11 is 17.2. The minimum Gasteiger partial charge on any atom is -0.465 e. The second kappa shape index (κ2) is 6.83. The molecule has 0 atom stereocenters. The van der Waals surface area contributed by atoms with Crippen molar-refractivity contribution in [1.29, 1.82) is 0 Å². The van der Waals surface area contributed by atoms with E-state index in [0.717, 1.165) is 18.4 Å². The molecule has 116 valence electrons. The van der Waals surface area contributed by atoms with Crippen LogP contribution in [0.4, 0.5) is 5.00 Å². The van der Waals surface area contributed by atoms with Crippen LogP contribution in [0.5, 0.6) is 0 Å². The summed E-state index contributed by atoms with van der Waals surface area (Å²) < 4.78 is 7.00. The van der Waals surface area contributed by atoms with Gasteiger partial charge in [0.05, 0.1) is 19.8 Å². The maximum absolute atomic E-state index is 11.8. The first-order valence-corrected chi connectivity index (χ1v) is 7.26. The highest BCUT2D eigenvalue weighted by atomic mass is 35.6. The quantitative estimate of drug-likeness (QED) is 0.650. The van der Waals surface area contributed by atoms with Gasteiger partial charge in [0.15, 0.2) is 0 Å². The molecule has 0 aromatic carbocycles. The number of halogens is 3. The Bertz CT molecular complexity index is 593. The maximum Gasteiger partial charge on any atom is 0.348 e. The predicted molar refractivity (Wildman–Crippen MR) is 80.7 cm³/mol. The largest absolute Gasteiger partial charge is 0.465 e. The predicted octanol–water partition coefficient (Wildman–Crippen LogP) is 2.94. The summed E-state index contributed by atoms with van der Waals surface area (Å²) in [6, 6.07) is 0. The Morgan fingerprint density at radius 1 is 1.10 bits per heavy atom. The molecule has 10 heteroatoms. The first-order valence-electron chi connectivity index (χ1n) is 5.31. The molecule has 0 aliphatic carbocycles. The zero-order valence-corrected chi connectivity index (χ0v) is 14.2. The van der Waals surface area contributed by atoms with Gasteiger partial charge in [-0.1, -0.05) is 34.8 Å². The molecule has 0 saturated heterocycles. The van der Waals surface area contributed by atoms with Crippen LogP contribution in [0.2, 0.25) is 0 Å². The molecule has 1 N–H and O–H groups in total. The third-order valence-corrected chi connectivity index (χ3v) is 4.09. The fraction of sp³-hybridized carbons (Fsp3) is 0.364. The van der Waals surface area contributed by atoms with E-state index in [1.807, 2.05) is 0 Å². The van der Waals surface area contributed by atoms with E-state index in [-0.39, 0.29) is 15.4 Å². The van der Waals surface area contributed by atoms with Gasteiger partial charge in [-0.25, -0.2) is 9.59 Å². The number of alkyl halides is 3. The standard InChI is InChI=1S/C11H10Cl3NO5S/c1-4-5(8(16)19-2)7(15-10(18)11(12,13)14)21-6(4)9(17)20-3/h1-3H3,(H,15,18). The van der Waals surface area contributed by atoms with Crippen molar-refractivity contribution < 1.29 is 23.9 Å². The molecular formula is C11H10Cl3NO5S. The zero-order chi connectivity index (χ0) is 16.4.